The number of hydrogen-bond acceptors (Lipinski definition) is 0. The Morgan fingerprint density at radius 3 is 2.00 bits per heavy atom. The molecule has 0 fully saturated rings. The molecule has 0 atom stereocenters. The molecule has 7 heavy (non-hydrogen) atoms. The number of halogens is 3. The molecule has 0 aliphatic heterocycles. The van der Waals surface area contributed by atoms with Gasteiger partial charge in [0.25, 0.3) is 6.43 Å². The van der Waals surface area contributed by atoms with Crippen molar-refractivity contribution in [3.8, 4) is 0 Å². The molecule has 0 aromatic heterocycles. The van der Waals surface area contributed by atoms with Crippen LogP contribution < -0.4 is 0 Å². The molecule has 0 aromatic carbocycles. The van der Waals surface area contributed by atoms with Crippen LogP contribution in [0, 0.1) is 6.92 Å². The number of hydrogen-bond donors (Lipinski definition) is 0. The summed E-state index contributed by atoms with van der Waals surface area (Å²) in [6.07, 6.45) is -2.59. The first kappa shape index (κ1) is 6.53. The number of rotatable bonds is 1. The fraction of sp³-hybridized carbons (Fsp3) is 0.250. The van der Waals surface area contributed by atoms with E-state index in [-0.39, 0.29) is 6.08 Å². The first-order valence-electron chi connectivity index (χ1n) is 1.60. The van der Waals surface area contributed by atoms with Crippen molar-refractivity contribution in [2.75, 3.05) is 0 Å². The molecular weight excluding hydrogens is 105 g/mol. The molecule has 0 spiro atoms. The average Bonchev–Trinajstić information content (AvgIpc) is 1.27. The quantitative estimate of drug-likeness (QED) is 0.482. The van der Waals surface area contributed by atoms with Gasteiger partial charge in [0.05, 0.1) is 0 Å². The second-order valence-electron chi connectivity index (χ2n) is 0.948. The summed E-state index contributed by atoms with van der Waals surface area (Å²) in [5, 5.41) is 0. The maximum absolute atomic E-state index is 11.2. The van der Waals surface area contributed by atoms with E-state index in [0.29, 0.717) is 0 Å². The summed E-state index contributed by atoms with van der Waals surface area (Å²) in [4.78, 5) is 0. The highest BCUT2D eigenvalue weighted by atomic mass is 19.3. The normalized spacial score (nSPS) is 13.0. The van der Waals surface area contributed by atoms with Crippen LogP contribution in [0.3, 0.4) is 0 Å². The number of allylic oxidation sites excluding steroid dienone is 2. The van der Waals surface area contributed by atoms with Crippen molar-refractivity contribution in [3.05, 3.63) is 18.8 Å². The van der Waals surface area contributed by atoms with E-state index in [4.69, 9.17) is 0 Å². The van der Waals surface area contributed by atoms with E-state index in [2.05, 4.69) is 6.92 Å². The molecule has 0 aliphatic rings. The van der Waals surface area contributed by atoms with Crippen molar-refractivity contribution >= 4 is 0 Å². The molecule has 0 aromatic rings. The summed E-state index contributed by atoms with van der Waals surface area (Å²) in [6, 6.07) is 0. The summed E-state index contributed by atoms with van der Waals surface area (Å²) < 4.78 is 33.1. The van der Waals surface area contributed by atoms with Gasteiger partial charge >= 0.3 is 0 Å². The third-order valence-electron chi connectivity index (χ3n) is 0.307. The van der Waals surface area contributed by atoms with Crippen molar-refractivity contribution in [2.45, 2.75) is 6.43 Å². The van der Waals surface area contributed by atoms with Gasteiger partial charge in [-0.05, 0) is 0 Å². The molecule has 0 bridgehead atoms. The number of alkyl halides is 2. The summed E-state index contributed by atoms with van der Waals surface area (Å²) in [7, 11) is 0. The Morgan fingerprint density at radius 2 is 2.00 bits per heavy atom. The lowest BCUT2D eigenvalue weighted by Crippen LogP contribution is -1.80. The van der Waals surface area contributed by atoms with Gasteiger partial charge in [-0.3, -0.25) is 0 Å². The Morgan fingerprint density at radius 1 is 1.57 bits per heavy atom. The zero-order valence-corrected chi connectivity index (χ0v) is 3.50. The van der Waals surface area contributed by atoms with E-state index in [1.54, 1.807) is 0 Å². The molecule has 0 aliphatic carbocycles. The lowest BCUT2D eigenvalue weighted by atomic mass is 10.5. The van der Waals surface area contributed by atoms with Gasteiger partial charge in [0.1, 0.15) is 5.83 Å². The molecule has 1 radical (unpaired) electrons. The molecule has 0 nitrogen and oxygen atoms in total. The minimum absolute atomic E-state index is 0.139. The molecule has 0 saturated carbocycles. The van der Waals surface area contributed by atoms with E-state index >= 15 is 0 Å². The zero-order valence-electron chi connectivity index (χ0n) is 3.50. The molecule has 0 saturated heterocycles. The summed E-state index contributed by atoms with van der Waals surface area (Å²) in [5.41, 5.74) is 0. The zero-order chi connectivity index (χ0) is 5.86. The lowest BCUT2D eigenvalue weighted by molar-refractivity contribution is 0.201. The van der Waals surface area contributed by atoms with E-state index in [1.807, 2.05) is 0 Å². The fourth-order valence-electron chi connectivity index (χ4n) is 0.137. The van der Waals surface area contributed by atoms with Crippen LogP contribution >= 0.6 is 0 Å². The van der Waals surface area contributed by atoms with Crippen LogP contribution in [-0.2, 0) is 0 Å². The van der Waals surface area contributed by atoms with Gasteiger partial charge in [-0.25, -0.2) is 13.2 Å². The molecule has 3 heteroatoms. The highest BCUT2D eigenvalue weighted by Crippen LogP contribution is 1.99. The van der Waals surface area contributed by atoms with Gasteiger partial charge in [-0.2, -0.15) is 0 Å². The second-order valence-corrected chi connectivity index (χ2v) is 0.948. The molecule has 0 heterocycles. The Labute approximate surface area is 39.6 Å². The van der Waals surface area contributed by atoms with Crippen molar-refractivity contribution in [1.82, 2.24) is 0 Å². The van der Waals surface area contributed by atoms with E-state index in [0.717, 1.165) is 0 Å². The largest absolute Gasteiger partial charge is 0.259 e. The molecular formula is C4H4F3. The minimum atomic E-state index is -2.72. The monoisotopic (exact) mass is 109 g/mol. The predicted octanol–water partition coefficient (Wildman–Crippen LogP) is 1.94. The minimum Gasteiger partial charge on any atom is -0.212 e. The Kier molecular flexibility index (Phi) is 2.48. The summed E-state index contributed by atoms with van der Waals surface area (Å²) in [5.74, 6) is -1.09. The van der Waals surface area contributed by atoms with Gasteiger partial charge in [0.15, 0.2) is 0 Å². The standard InChI is InChI=1S/C4H4F3/c1-3(5)2-4(6)7/h2,4H,1H2/b3-2-. The Bertz CT molecular complexity index is 71.0. The van der Waals surface area contributed by atoms with Gasteiger partial charge in [0.2, 0.25) is 0 Å². The van der Waals surface area contributed by atoms with Gasteiger partial charge in [0, 0.05) is 13.0 Å². The predicted molar refractivity (Wildman–Crippen MR) is 20.6 cm³/mol. The molecule has 0 unspecified atom stereocenters. The van der Waals surface area contributed by atoms with Gasteiger partial charge in [-0.1, -0.05) is 0 Å². The van der Waals surface area contributed by atoms with Crippen molar-refractivity contribution < 1.29 is 13.2 Å². The van der Waals surface area contributed by atoms with Crippen LogP contribution in [0.1, 0.15) is 0 Å². The highest BCUT2D eigenvalue weighted by Gasteiger charge is 1.94. The van der Waals surface area contributed by atoms with Crippen LogP contribution in [0.15, 0.2) is 11.9 Å². The molecule has 0 rings (SSSR count). The summed E-state index contributed by atoms with van der Waals surface area (Å²) >= 11 is 0. The van der Waals surface area contributed by atoms with Crippen molar-refractivity contribution in [3.63, 3.8) is 0 Å². The van der Waals surface area contributed by atoms with E-state index in [9.17, 15) is 13.2 Å². The van der Waals surface area contributed by atoms with Gasteiger partial charge in [-0.15, -0.1) is 0 Å². The van der Waals surface area contributed by atoms with Crippen LogP contribution in [0.2, 0.25) is 0 Å². The summed E-state index contributed by atoms with van der Waals surface area (Å²) in [6.45, 7) is 2.59. The third kappa shape index (κ3) is 5.53. The second kappa shape index (κ2) is 2.66. The first-order valence-corrected chi connectivity index (χ1v) is 1.60. The molecule has 0 N–H and O–H groups in total. The Balaban J connectivity index is 3.45. The fourth-order valence-corrected chi connectivity index (χ4v) is 0.137. The van der Waals surface area contributed by atoms with Gasteiger partial charge < -0.3 is 0 Å². The van der Waals surface area contributed by atoms with Crippen LogP contribution in [0.5, 0.6) is 0 Å². The maximum Gasteiger partial charge on any atom is 0.259 e. The first-order chi connectivity index (χ1) is 3.13. The van der Waals surface area contributed by atoms with E-state index < -0.39 is 12.3 Å². The van der Waals surface area contributed by atoms with Crippen molar-refractivity contribution in [1.29, 1.82) is 0 Å². The molecule has 41 valence electrons. The molecule has 0 amide bonds. The maximum atomic E-state index is 11.2. The van der Waals surface area contributed by atoms with Crippen LogP contribution in [0.25, 0.3) is 0 Å². The smallest absolute Gasteiger partial charge is 0.212 e. The highest BCUT2D eigenvalue weighted by molar-refractivity contribution is 4.95. The lowest BCUT2D eigenvalue weighted by Gasteiger charge is -1.82. The average molecular weight is 109 g/mol. The van der Waals surface area contributed by atoms with Crippen LogP contribution in [0.4, 0.5) is 13.2 Å². The third-order valence-corrected chi connectivity index (χ3v) is 0.307. The van der Waals surface area contributed by atoms with Crippen molar-refractivity contribution in [2.24, 2.45) is 0 Å². The van der Waals surface area contributed by atoms with E-state index in [1.165, 1.54) is 0 Å². The topological polar surface area (TPSA) is 0 Å². The SMILES string of the molecule is [CH2]/C(F)=C/C(F)F. The Hall–Kier alpha value is -0.470. The van der Waals surface area contributed by atoms with Crippen LogP contribution in [-0.4, -0.2) is 6.43 Å².